The second-order valence-corrected chi connectivity index (χ2v) is 5.55. The molecule has 0 spiro atoms. The van der Waals surface area contributed by atoms with E-state index in [1.54, 1.807) is 0 Å². The zero-order chi connectivity index (χ0) is 14.3. The highest BCUT2D eigenvalue weighted by Gasteiger charge is 2.41. The summed E-state index contributed by atoms with van der Waals surface area (Å²) in [5, 5.41) is 13.9. The zero-order valence-electron chi connectivity index (χ0n) is 11.9. The van der Waals surface area contributed by atoms with Crippen molar-refractivity contribution in [3.63, 3.8) is 0 Å². The van der Waals surface area contributed by atoms with Crippen LogP contribution in [0.3, 0.4) is 0 Å². The SMILES string of the molecule is CCC1(CC)N[C@H](C(=O)O)Cc2c1[nH]c1ccccc21. The summed E-state index contributed by atoms with van der Waals surface area (Å²) in [6.45, 7) is 4.21. The molecule has 106 valence electrons. The molecule has 4 heteroatoms. The quantitative estimate of drug-likeness (QED) is 0.805. The number of aromatic nitrogens is 1. The fourth-order valence-corrected chi connectivity index (χ4v) is 3.44. The molecule has 1 aromatic heterocycles. The number of carbonyl (C=O) groups is 1. The van der Waals surface area contributed by atoms with Crippen LogP contribution in [-0.4, -0.2) is 22.1 Å². The van der Waals surface area contributed by atoms with Crippen molar-refractivity contribution in [1.29, 1.82) is 0 Å². The Morgan fingerprint density at radius 3 is 2.70 bits per heavy atom. The van der Waals surface area contributed by atoms with E-state index in [2.05, 4.69) is 36.3 Å². The van der Waals surface area contributed by atoms with E-state index in [1.165, 1.54) is 5.69 Å². The number of rotatable bonds is 3. The van der Waals surface area contributed by atoms with Gasteiger partial charge in [-0.25, -0.2) is 0 Å². The fraction of sp³-hybridized carbons (Fsp3) is 0.438. The Morgan fingerprint density at radius 2 is 2.05 bits per heavy atom. The van der Waals surface area contributed by atoms with Gasteiger partial charge >= 0.3 is 5.97 Å². The number of para-hydroxylation sites is 1. The van der Waals surface area contributed by atoms with E-state index in [0.717, 1.165) is 29.3 Å². The molecule has 0 amide bonds. The highest BCUT2D eigenvalue weighted by molar-refractivity contribution is 5.87. The minimum atomic E-state index is -0.771. The Morgan fingerprint density at radius 1 is 1.35 bits per heavy atom. The molecule has 2 heterocycles. The number of fused-ring (bicyclic) bond motifs is 3. The van der Waals surface area contributed by atoms with Crippen molar-refractivity contribution in [2.24, 2.45) is 0 Å². The molecular formula is C16H20N2O2. The second-order valence-electron chi connectivity index (χ2n) is 5.55. The van der Waals surface area contributed by atoms with Crippen LogP contribution in [0.15, 0.2) is 24.3 Å². The van der Waals surface area contributed by atoms with E-state index in [0.29, 0.717) is 6.42 Å². The van der Waals surface area contributed by atoms with Gasteiger partial charge in [0.1, 0.15) is 6.04 Å². The molecule has 2 aromatic rings. The van der Waals surface area contributed by atoms with Crippen LogP contribution in [0, 0.1) is 0 Å². The maximum atomic E-state index is 11.5. The summed E-state index contributed by atoms with van der Waals surface area (Å²) >= 11 is 0. The van der Waals surface area contributed by atoms with Crippen LogP contribution >= 0.6 is 0 Å². The molecule has 20 heavy (non-hydrogen) atoms. The van der Waals surface area contributed by atoms with Gasteiger partial charge in [-0.3, -0.25) is 10.1 Å². The summed E-state index contributed by atoms with van der Waals surface area (Å²) in [5.74, 6) is -0.771. The highest BCUT2D eigenvalue weighted by Crippen LogP contribution is 2.39. The van der Waals surface area contributed by atoms with Crippen molar-refractivity contribution in [2.75, 3.05) is 0 Å². The maximum Gasteiger partial charge on any atom is 0.321 e. The molecule has 0 unspecified atom stereocenters. The first-order valence-electron chi connectivity index (χ1n) is 7.22. The topological polar surface area (TPSA) is 65.1 Å². The first kappa shape index (κ1) is 13.2. The number of hydrogen-bond acceptors (Lipinski definition) is 2. The van der Waals surface area contributed by atoms with Gasteiger partial charge in [-0.1, -0.05) is 32.0 Å². The maximum absolute atomic E-state index is 11.5. The molecule has 0 fully saturated rings. The van der Waals surface area contributed by atoms with Crippen molar-refractivity contribution in [1.82, 2.24) is 10.3 Å². The average Bonchev–Trinajstić information content (AvgIpc) is 2.85. The molecule has 3 N–H and O–H groups in total. The Labute approximate surface area is 118 Å². The van der Waals surface area contributed by atoms with Crippen LogP contribution in [0.2, 0.25) is 0 Å². The molecule has 0 aliphatic carbocycles. The van der Waals surface area contributed by atoms with Gasteiger partial charge in [0.05, 0.1) is 5.54 Å². The summed E-state index contributed by atoms with van der Waals surface area (Å²) in [6, 6.07) is 7.63. The number of hydrogen-bond donors (Lipinski definition) is 3. The van der Waals surface area contributed by atoms with Crippen LogP contribution in [0.4, 0.5) is 0 Å². The van der Waals surface area contributed by atoms with Gasteiger partial charge < -0.3 is 10.1 Å². The second kappa shape index (κ2) is 4.63. The van der Waals surface area contributed by atoms with Crippen LogP contribution in [-0.2, 0) is 16.8 Å². The Bertz CT molecular complexity index is 656. The number of aromatic amines is 1. The van der Waals surface area contributed by atoms with E-state index < -0.39 is 12.0 Å². The molecule has 3 rings (SSSR count). The zero-order valence-corrected chi connectivity index (χ0v) is 11.9. The summed E-state index contributed by atoms with van der Waals surface area (Å²) in [7, 11) is 0. The molecule has 0 bridgehead atoms. The molecule has 1 atom stereocenters. The normalized spacial score (nSPS) is 20.8. The predicted molar refractivity (Wildman–Crippen MR) is 78.8 cm³/mol. The smallest absolute Gasteiger partial charge is 0.321 e. The lowest BCUT2D eigenvalue weighted by atomic mass is 9.80. The number of carboxylic acid groups (broad SMARTS) is 1. The summed E-state index contributed by atoms with van der Waals surface area (Å²) in [4.78, 5) is 15.0. The predicted octanol–water partition coefficient (Wildman–Crippen LogP) is 2.78. The van der Waals surface area contributed by atoms with Gasteiger partial charge in [0.2, 0.25) is 0 Å². The Kier molecular flexibility index (Phi) is 3.05. The molecular weight excluding hydrogens is 252 g/mol. The lowest BCUT2D eigenvalue weighted by Crippen LogP contribution is -2.55. The lowest BCUT2D eigenvalue weighted by molar-refractivity contribution is -0.140. The fourth-order valence-electron chi connectivity index (χ4n) is 3.44. The van der Waals surface area contributed by atoms with Gasteiger partial charge in [0.25, 0.3) is 0 Å². The Balaban J connectivity index is 2.24. The molecule has 0 radical (unpaired) electrons. The van der Waals surface area contributed by atoms with E-state index >= 15 is 0 Å². The summed E-state index contributed by atoms with van der Waals surface area (Å²) in [5.41, 5.74) is 3.16. The first-order valence-corrected chi connectivity index (χ1v) is 7.22. The van der Waals surface area contributed by atoms with Gasteiger partial charge in [-0.05, 0) is 24.5 Å². The molecule has 1 aliphatic heterocycles. The minimum Gasteiger partial charge on any atom is -0.480 e. The van der Waals surface area contributed by atoms with E-state index in [4.69, 9.17) is 0 Å². The highest BCUT2D eigenvalue weighted by atomic mass is 16.4. The number of aliphatic carboxylic acids is 1. The summed E-state index contributed by atoms with van der Waals surface area (Å²) in [6.07, 6.45) is 2.27. The van der Waals surface area contributed by atoms with Crippen molar-refractivity contribution >= 4 is 16.9 Å². The lowest BCUT2D eigenvalue weighted by Gasteiger charge is -2.40. The third-order valence-corrected chi connectivity index (χ3v) is 4.66. The average molecular weight is 272 g/mol. The Hall–Kier alpha value is -1.81. The minimum absolute atomic E-state index is 0.268. The van der Waals surface area contributed by atoms with Gasteiger partial charge in [-0.15, -0.1) is 0 Å². The monoisotopic (exact) mass is 272 g/mol. The van der Waals surface area contributed by atoms with Crippen LogP contribution in [0.1, 0.15) is 37.9 Å². The molecule has 4 nitrogen and oxygen atoms in total. The van der Waals surface area contributed by atoms with E-state index in [1.807, 2.05) is 12.1 Å². The first-order chi connectivity index (χ1) is 9.61. The molecule has 0 saturated carbocycles. The summed E-state index contributed by atoms with van der Waals surface area (Å²) < 4.78 is 0. The van der Waals surface area contributed by atoms with Crippen LogP contribution in [0.25, 0.3) is 10.9 Å². The number of carboxylic acids is 1. The molecule has 1 aliphatic rings. The van der Waals surface area contributed by atoms with Crippen LogP contribution in [0.5, 0.6) is 0 Å². The van der Waals surface area contributed by atoms with Gasteiger partial charge in [0.15, 0.2) is 0 Å². The molecule has 1 aromatic carbocycles. The third kappa shape index (κ3) is 1.75. The van der Waals surface area contributed by atoms with Crippen molar-refractivity contribution < 1.29 is 9.90 Å². The van der Waals surface area contributed by atoms with Crippen molar-refractivity contribution in [3.05, 3.63) is 35.5 Å². The van der Waals surface area contributed by atoms with Crippen molar-refractivity contribution in [3.8, 4) is 0 Å². The van der Waals surface area contributed by atoms with E-state index in [9.17, 15) is 9.90 Å². The third-order valence-electron chi connectivity index (χ3n) is 4.66. The van der Waals surface area contributed by atoms with Crippen molar-refractivity contribution in [2.45, 2.75) is 44.7 Å². The van der Waals surface area contributed by atoms with Gasteiger partial charge in [-0.2, -0.15) is 0 Å². The van der Waals surface area contributed by atoms with E-state index in [-0.39, 0.29) is 5.54 Å². The standard InChI is InChI=1S/C16H20N2O2/c1-3-16(4-2)14-11(9-13(18-16)15(19)20)10-7-5-6-8-12(10)17-14/h5-8,13,17-18H,3-4,9H2,1-2H3,(H,19,20)/t13-/m0/s1. The number of nitrogens with one attached hydrogen (secondary N) is 2. The van der Waals surface area contributed by atoms with Crippen LogP contribution < -0.4 is 5.32 Å². The molecule has 0 saturated heterocycles. The van der Waals surface area contributed by atoms with Gasteiger partial charge in [0, 0.05) is 23.0 Å². The largest absolute Gasteiger partial charge is 0.480 e. The number of H-pyrrole nitrogens is 1. The number of benzene rings is 1.